The number of nitrogens with two attached hydrogens (primary N) is 1. The van der Waals surface area contributed by atoms with Gasteiger partial charge in [-0.25, -0.2) is 0 Å². The third kappa shape index (κ3) is 3.15. The van der Waals surface area contributed by atoms with Crippen LogP contribution in [0.15, 0.2) is 48.5 Å². The van der Waals surface area contributed by atoms with Gasteiger partial charge in [0.05, 0.1) is 6.04 Å². The lowest BCUT2D eigenvalue weighted by atomic mass is 10.0. The molecule has 2 aromatic rings. The van der Waals surface area contributed by atoms with E-state index in [9.17, 15) is 0 Å². The average molecular weight is 254 g/mol. The summed E-state index contributed by atoms with van der Waals surface area (Å²) in [5.74, 6) is 0. The van der Waals surface area contributed by atoms with E-state index in [0.717, 1.165) is 0 Å². The lowest BCUT2D eigenvalue weighted by Gasteiger charge is -2.29. The highest BCUT2D eigenvalue weighted by molar-refractivity contribution is 5.49. The van der Waals surface area contributed by atoms with Crippen LogP contribution in [0.1, 0.15) is 22.7 Å². The molecule has 2 N–H and O–H groups in total. The van der Waals surface area contributed by atoms with Crippen molar-refractivity contribution >= 4 is 5.69 Å². The smallest absolute Gasteiger partial charge is 0.0661 e. The maximum atomic E-state index is 5.97. The molecule has 0 heterocycles. The fourth-order valence-corrected chi connectivity index (χ4v) is 2.27. The lowest BCUT2D eigenvalue weighted by Crippen LogP contribution is -2.30. The number of hydrogen-bond acceptors (Lipinski definition) is 2. The van der Waals surface area contributed by atoms with Crippen molar-refractivity contribution in [1.82, 2.24) is 0 Å². The predicted molar refractivity (Wildman–Crippen MR) is 82.6 cm³/mol. The summed E-state index contributed by atoms with van der Waals surface area (Å²) in [6.07, 6.45) is 0. The molecule has 0 aromatic heterocycles. The first-order valence-electron chi connectivity index (χ1n) is 6.68. The topological polar surface area (TPSA) is 29.3 Å². The summed E-state index contributed by atoms with van der Waals surface area (Å²) < 4.78 is 0. The van der Waals surface area contributed by atoms with Crippen LogP contribution in [0.3, 0.4) is 0 Å². The molecular weight excluding hydrogens is 232 g/mol. The maximum absolute atomic E-state index is 5.97. The Kier molecular flexibility index (Phi) is 4.23. The summed E-state index contributed by atoms with van der Waals surface area (Å²) >= 11 is 0. The first-order valence-corrected chi connectivity index (χ1v) is 6.68. The Balaban J connectivity index is 2.26. The number of benzene rings is 2. The molecule has 0 bridgehead atoms. The third-order valence-corrected chi connectivity index (χ3v) is 3.59. The van der Waals surface area contributed by atoms with Gasteiger partial charge in [0.1, 0.15) is 0 Å². The molecule has 0 saturated carbocycles. The lowest BCUT2D eigenvalue weighted by molar-refractivity contribution is 0.680. The van der Waals surface area contributed by atoms with Crippen molar-refractivity contribution in [2.24, 2.45) is 5.73 Å². The Bertz CT molecular complexity index is 514. The number of anilines is 1. The molecule has 2 nitrogen and oxygen atoms in total. The fourth-order valence-electron chi connectivity index (χ4n) is 2.27. The zero-order valence-electron chi connectivity index (χ0n) is 11.9. The Labute approximate surface area is 115 Å². The van der Waals surface area contributed by atoms with Crippen LogP contribution in [0.5, 0.6) is 0 Å². The summed E-state index contributed by atoms with van der Waals surface area (Å²) in [5, 5.41) is 0. The minimum atomic E-state index is 0.211. The second-order valence-electron chi connectivity index (χ2n) is 5.11. The molecule has 0 radical (unpaired) electrons. The van der Waals surface area contributed by atoms with E-state index in [1.54, 1.807) is 0 Å². The van der Waals surface area contributed by atoms with E-state index < -0.39 is 0 Å². The van der Waals surface area contributed by atoms with Crippen molar-refractivity contribution in [3.05, 3.63) is 65.2 Å². The number of rotatable bonds is 4. The quantitative estimate of drug-likeness (QED) is 0.905. The average Bonchev–Trinajstić information content (AvgIpc) is 2.42. The molecule has 0 spiro atoms. The highest BCUT2D eigenvalue weighted by atomic mass is 15.1. The maximum Gasteiger partial charge on any atom is 0.0661 e. The molecule has 19 heavy (non-hydrogen) atoms. The van der Waals surface area contributed by atoms with Gasteiger partial charge in [0.15, 0.2) is 0 Å². The van der Waals surface area contributed by atoms with Gasteiger partial charge in [-0.15, -0.1) is 0 Å². The van der Waals surface area contributed by atoms with Gasteiger partial charge < -0.3 is 10.6 Å². The number of hydrogen-bond donors (Lipinski definition) is 1. The van der Waals surface area contributed by atoms with Crippen LogP contribution in [0.4, 0.5) is 5.69 Å². The van der Waals surface area contributed by atoms with Crippen molar-refractivity contribution in [3.63, 3.8) is 0 Å². The summed E-state index contributed by atoms with van der Waals surface area (Å²) in [6, 6.07) is 17.4. The van der Waals surface area contributed by atoms with Gasteiger partial charge in [-0.2, -0.15) is 0 Å². The van der Waals surface area contributed by atoms with E-state index >= 15 is 0 Å². The Hall–Kier alpha value is -1.80. The van der Waals surface area contributed by atoms with Gasteiger partial charge in [0.2, 0.25) is 0 Å². The van der Waals surface area contributed by atoms with Crippen LogP contribution in [0, 0.1) is 13.8 Å². The molecule has 1 unspecified atom stereocenters. The molecule has 0 amide bonds. The second-order valence-corrected chi connectivity index (χ2v) is 5.11. The fraction of sp³-hybridized carbons (Fsp3) is 0.294. The molecule has 2 rings (SSSR count). The number of likely N-dealkylation sites (N-methyl/N-ethyl adjacent to an activating group) is 1. The van der Waals surface area contributed by atoms with Gasteiger partial charge in [-0.05, 0) is 31.5 Å². The van der Waals surface area contributed by atoms with Crippen LogP contribution >= 0.6 is 0 Å². The zero-order chi connectivity index (χ0) is 13.8. The summed E-state index contributed by atoms with van der Waals surface area (Å²) in [4.78, 5) is 2.24. The van der Waals surface area contributed by atoms with Crippen molar-refractivity contribution in [2.75, 3.05) is 18.5 Å². The van der Waals surface area contributed by atoms with E-state index in [1.807, 2.05) is 0 Å². The zero-order valence-corrected chi connectivity index (χ0v) is 11.9. The number of nitrogens with zero attached hydrogens (tertiary/aromatic N) is 1. The minimum Gasteiger partial charge on any atom is -0.366 e. The van der Waals surface area contributed by atoms with Crippen LogP contribution < -0.4 is 10.6 Å². The van der Waals surface area contributed by atoms with E-state index in [1.165, 1.54) is 22.4 Å². The second kappa shape index (κ2) is 5.89. The molecule has 0 aliphatic rings. The van der Waals surface area contributed by atoms with Gasteiger partial charge in [-0.3, -0.25) is 0 Å². The Morgan fingerprint density at radius 3 is 1.84 bits per heavy atom. The molecule has 0 aliphatic heterocycles. The first-order chi connectivity index (χ1) is 9.11. The van der Waals surface area contributed by atoms with Gasteiger partial charge >= 0.3 is 0 Å². The largest absolute Gasteiger partial charge is 0.366 e. The van der Waals surface area contributed by atoms with E-state index in [4.69, 9.17) is 5.73 Å². The van der Waals surface area contributed by atoms with Crippen LogP contribution in [0.2, 0.25) is 0 Å². The minimum absolute atomic E-state index is 0.211. The Morgan fingerprint density at radius 1 is 0.895 bits per heavy atom. The predicted octanol–water partition coefficient (Wildman–Crippen LogP) is 3.44. The van der Waals surface area contributed by atoms with Crippen LogP contribution in [0.25, 0.3) is 0 Å². The first kappa shape index (κ1) is 13.6. The molecule has 0 aliphatic carbocycles. The molecule has 100 valence electrons. The summed E-state index contributed by atoms with van der Waals surface area (Å²) in [7, 11) is 2.10. The summed E-state index contributed by atoms with van der Waals surface area (Å²) in [5.41, 5.74) is 11.0. The van der Waals surface area contributed by atoms with Crippen molar-refractivity contribution in [2.45, 2.75) is 19.9 Å². The highest BCUT2D eigenvalue weighted by Crippen LogP contribution is 2.25. The number of aryl methyl sites for hydroxylation is 2. The van der Waals surface area contributed by atoms with Gasteiger partial charge in [0.25, 0.3) is 0 Å². The van der Waals surface area contributed by atoms with Crippen molar-refractivity contribution < 1.29 is 0 Å². The molecular formula is C17H22N2. The molecule has 2 heteroatoms. The normalized spacial score (nSPS) is 12.2. The third-order valence-electron chi connectivity index (χ3n) is 3.59. The van der Waals surface area contributed by atoms with Gasteiger partial charge in [0, 0.05) is 19.3 Å². The standard InChI is InChI=1S/C17H22N2/c1-13-4-8-15(9-5-13)17(12-18)19(3)16-10-6-14(2)7-11-16/h4-11,17H,12,18H2,1-3H3. The SMILES string of the molecule is Cc1ccc(C(CN)N(C)c2ccc(C)cc2)cc1. The molecule has 0 saturated heterocycles. The van der Waals surface area contributed by atoms with Gasteiger partial charge in [-0.1, -0.05) is 47.5 Å². The summed E-state index contributed by atoms with van der Waals surface area (Å²) in [6.45, 7) is 4.81. The molecule has 2 aromatic carbocycles. The van der Waals surface area contributed by atoms with Crippen LogP contribution in [-0.2, 0) is 0 Å². The Morgan fingerprint density at radius 2 is 1.37 bits per heavy atom. The van der Waals surface area contributed by atoms with Crippen LogP contribution in [-0.4, -0.2) is 13.6 Å². The van der Waals surface area contributed by atoms with Crippen molar-refractivity contribution in [1.29, 1.82) is 0 Å². The highest BCUT2D eigenvalue weighted by Gasteiger charge is 2.15. The molecule has 1 atom stereocenters. The molecule has 0 fully saturated rings. The van der Waals surface area contributed by atoms with Crippen molar-refractivity contribution in [3.8, 4) is 0 Å². The van der Waals surface area contributed by atoms with E-state index in [0.29, 0.717) is 6.54 Å². The van der Waals surface area contributed by atoms with E-state index in [-0.39, 0.29) is 6.04 Å². The monoisotopic (exact) mass is 254 g/mol. The van der Waals surface area contributed by atoms with E-state index in [2.05, 4.69) is 74.3 Å².